The van der Waals surface area contributed by atoms with E-state index in [0.717, 1.165) is 135 Å². The molecule has 0 aromatic carbocycles. The van der Waals surface area contributed by atoms with Gasteiger partial charge in [0, 0.05) is 52.2 Å². The van der Waals surface area contributed by atoms with Gasteiger partial charge in [-0.1, -0.05) is 202 Å². The lowest BCUT2D eigenvalue weighted by atomic mass is 9.92. The van der Waals surface area contributed by atoms with Crippen LogP contribution in [0.5, 0.6) is 0 Å². The van der Waals surface area contributed by atoms with Crippen LogP contribution in [0.2, 0.25) is 0 Å². The third kappa shape index (κ3) is 48.7. The van der Waals surface area contributed by atoms with Crippen LogP contribution in [0.4, 0.5) is 0 Å². The van der Waals surface area contributed by atoms with Crippen molar-refractivity contribution in [3.05, 3.63) is 0 Å². The fraction of sp³-hybridized carbons (Fsp3) is 0.944. The van der Waals surface area contributed by atoms with Crippen LogP contribution in [-0.2, 0) is 52.3 Å². The maximum atomic E-state index is 14.5. The molecule has 0 radical (unpaired) electrons. The van der Waals surface area contributed by atoms with E-state index in [-0.39, 0.29) is 81.4 Å². The smallest absolute Gasteiger partial charge is 0.306 e. The number of esters is 3. The Labute approximate surface area is 517 Å². The summed E-state index contributed by atoms with van der Waals surface area (Å²) in [4.78, 5) is 59.3. The van der Waals surface area contributed by atoms with Gasteiger partial charge in [0.1, 0.15) is 19.3 Å². The summed E-state index contributed by atoms with van der Waals surface area (Å²) in [6, 6.07) is -0.708. The third-order valence-corrected chi connectivity index (χ3v) is 16.9. The van der Waals surface area contributed by atoms with Gasteiger partial charge in [-0.2, -0.15) is 0 Å². The number of piperidine rings is 1. The van der Waals surface area contributed by atoms with E-state index in [1.807, 2.05) is 0 Å². The van der Waals surface area contributed by atoms with E-state index in [0.29, 0.717) is 64.6 Å². The largest absolute Gasteiger partial charge is 0.463 e. The molecule has 0 aromatic rings. The van der Waals surface area contributed by atoms with Crippen molar-refractivity contribution in [2.45, 2.75) is 362 Å². The highest BCUT2D eigenvalue weighted by Crippen LogP contribution is 2.23. The van der Waals surface area contributed by atoms with E-state index in [1.165, 1.54) is 122 Å². The highest BCUT2D eigenvalue weighted by Gasteiger charge is 2.29. The van der Waals surface area contributed by atoms with Gasteiger partial charge in [-0.3, -0.25) is 19.2 Å². The van der Waals surface area contributed by atoms with Crippen LogP contribution in [0.15, 0.2) is 0 Å². The lowest BCUT2D eigenvalue weighted by molar-refractivity contribution is -0.156. The van der Waals surface area contributed by atoms with Crippen LogP contribution < -0.4 is 0 Å². The van der Waals surface area contributed by atoms with Gasteiger partial charge in [0.25, 0.3) is 0 Å². The van der Waals surface area contributed by atoms with Crippen LogP contribution in [0, 0.1) is 5.92 Å². The summed E-state index contributed by atoms with van der Waals surface area (Å²) in [5.74, 6) is -0.728. The Kier molecular flexibility index (Phi) is 56.6. The molecule has 1 aliphatic heterocycles. The van der Waals surface area contributed by atoms with Gasteiger partial charge in [0.2, 0.25) is 5.91 Å². The Bertz CT molecular complexity index is 1380. The molecule has 0 aliphatic carbocycles. The minimum atomic E-state index is -0.708. The fourth-order valence-electron chi connectivity index (χ4n) is 11.3. The normalized spacial score (nSPS) is 13.6. The quantitative estimate of drug-likeness (QED) is 0.0248. The number of carbonyl (C=O) groups is 4. The molecule has 1 atom stereocenters. The molecular formula is C71H136N2O11. The van der Waals surface area contributed by atoms with Crippen LogP contribution >= 0.6 is 0 Å². The number of unbranched alkanes of at least 4 members (excludes halogenated alkanes) is 26. The van der Waals surface area contributed by atoms with Gasteiger partial charge in [-0.15, -0.1) is 0 Å². The zero-order chi connectivity index (χ0) is 61.2. The standard InChI is InChI=1S/C71H136N2O11/c1-8-14-19-24-29-38-57-78-70(79-58-39-30-25-20-15-9-2)48-36-34-46-67(75)82-61-64(62-83-68(76)47-35-37-49-71(80-59-40-31-26-21-16-10-3)81-60-41-32-27-22-17-11-4)73(54-42-44-63-52-55-72(7)56-53-63)66(74)50-51-69(77)84-65(43-13-6)45-33-28-23-18-12-5/h63-65,70-71H,8-62H2,1-7H3. The molecule has 13 nitrogen and oxygen atoms in total. The van der Waals surface area contributed by atoms with Crippen molar-refractivity contribution < 1.29 is 52.3 Å². The Morgan fingerprint density at radius 1 is 0.405 bits per heavy atom. The first-order valence-corrected chi connectivity index (χ1v) is 36.0. The van der Waals surface area contributed by atoms with Crippen molar-refractivity contribution >= 4 is 23.8 Å². The van der Waals surface area contributed by atoms with E-state index in [2.05, 4.69) is 53.5 Å². The molecule has 0 N–H and O–H groups in total. The van der Waals surface area contributed by atoms with Gasteiger partial charge in [0.15, 0.2) is 12.6 Å². The average Bonchev–Trinajstić information content (AvgIpc) is 3.56. The summed E-state index contributed by atoms with van der Waals surface area (Å²) in [6.45, 7) is 18.3. The van der Waals surface area contributed by atoms with Gasteiger partial charge in [-0.25, -0.2) is 0 Å². The number of likely N-dealkylation sites (tertiary alicyclic amines) is 1. The number of hydrogen-bond acceptors (Lipinski definition) is 12. The molecule has 0 bridgehead atoms. The molecule has 1 amide bonds. The lowest BCUT2D eigenvalue weighted by Gasteiger charge is -2.33. The molecule has 0 spiro atoms. The number of hydrogen-bond donors (Lipinski definition) is 0. The van der Waals surface area contributed by atoms with Crippen LogP contribution in [-0.4, -0.2) is 125 Å². The summed E-state index contributed by atoms with van der Waals surface area (Å²) in [6.07, 6.45) is 44.8. The molecule has 1 heterocycles. The molecule has 1 rings (SSSR count). The first kappa shape index (κ1) is 79.7. The maximum Gasteiger partial charge on any atom is 0.306 e. The van der Waals surface area contributed by atoms with Crippen molar-refractivity contribution in [1.82, 2.24) is 9.80 Å². The van der Waals surface area contributed by atoms with Crippen molar-refractivity contribution in [2.24, 2.45) is 5.92 Å². The number of ether oxygens (including phenoxy) is 7. The van der Waals surface area contributed by atoms with Crippen LogP contribution in [0.1, 0.15) is 337 Å². The van der Waals surface area contributed by atoms with E-state index in [9.17, 15) is 19.2 Å². The van der Waals surface area contributed by atoms with E-state index >= 15 is 0 Å². The van der Waals surface area contributed by atoms with Crippen molar-refractivity contribution in [1.29, 1.82) is 0 Å². The maximum absolute atomic E-state index is 14.5. The highest BCUT2D eigenvalue weighted by atomic mass is 16.7. The second-order valence-electron chi connectivity index (χ2n) is 25.0. The van der Waals surface area contributed by atoms with E-state index in [1.54, 1.807) is 4.90 Å². The first-order valence-electron chi connectivity index (χ1n) is 36.0. The monoisotopic (exact) mass is 1190 g/mol. The molecule has 1 saturated heterocycles. The van der Waals surface area contributed by atoms with E-state index in [4.69, 9.17) is 33.2 Å². The Balaban J connectivity index is 3.18. The minimum absolute atomic E-state index is 0.0349. The zero-order valence-corrected chi connectivity index (χ0v) is 56.2. The summed E-state index contributed by atoms with van der Waals surface area (Å²) in [5, 5.41) is 0. The van der Waals surface area contributed by atoms with Gasteiger partial charge >= 0.3 is 17.9 Å². The molecule has 1 unspecified atom stereocenters. The Morgan fingerprint density at radius 3 is 1.19 bits per heavy atom. The predicted molar refractivity (Wildman–Crippen MR) is 346 cm³/mol. The first-order chi connectivity index (χ1) is 41.1. The van der Waals surface area contributed by atoms with Crippen molar-refractivity contribution in [3.8, 4) is 0 Å². The van der Waals surface area contributed by atoms with Gasteiger partial charge < -0.3 is 43.0 Å². The molecule has 84 heavy (non-hydrogen) atoms. The topological polar surface area (TPSA) is 139 Å². The molecule has 1 fully saturated rings. The van der Waals surface area contributed by atoms with Gasteiger partial charge in [-0.05, 0) is 135 Å². The zero-order valence-electron chi connectivity index (χ0n) is 56.2. The minimum Gasteiger partial charge on any atom is -0.463 e. The predicted octanol–water partition coefficient (Wildman–Crippen LogP) is 18.5. The summed E-state index contributed by atoms with van der Waals surface area (Å²) in [5.41, 5.74) is 0. The molecule has 0 aromatic heterocycles. The molecule has 13 heteroatoms. The summed E-state index contributed by atoms with van der Waals surface area (Å²) in [7, 11) is 2.16. The summed E-state index contributed by atoms with van der Waals surface area (Å²) < 4.78 is 43.2. The number of rotatable bonds is 63. The van der Waals surface area contributed by atoms with Crippen LogP contribution in [0.3, 0.4) is 0 Å². The van der Waals surface area contributed by atoms with Crippen molar-refractivity contribution in [2.75, 3.05) is 66.3 Å². The number of nitrogens with zero attached hydrogens (tertiary/aromatic N) is 2. The second-order valence-corrected chi connectivity index (χ2v) is 25.0. The fourth-order valence-corrected chi connectivity index (χ4v) is 11.3. The molecular weight excluding hydrogens is 1060 g/mol. The Morgan fingerprint density at radius 2 is 0.786 bits per heavy atom. The van der Waals surface area contributed by atoms with E-state index < -0.39 is 6.04 Å². The summed E-state index contributed by atoms with van der Waals surface area (Å²) >= 11 is 0. The third-order valence-electron chi connectivity index (χ3n) is 16.9. The Hall–Kier alpha value is -2.32. The number of amides is 1. The SMILES string of the molecule is CCCCCCCCOC(CCCCC(=O)OCC(COC(=O)CCCCC(OCCCCCCCC)OCCCCCCCC)N(CCCC1CCN(C)CC1)C(=O)CCC(=O)OC(CCC)CCCCCCC)OCCCCCCCC. The van der Waals surface area contributed by atoms with Gasteiger partial charge in [0.05, 0.1) is 12.5 Å². The average molecular weight is 1190 g/mol. The molecule has 496 valence electrons. The lowest BCUT2D eigenvalue weighted by Crippen LogP contribution is -2.47. The second kappa shape index (κ2) is 59.6. The number of carbonyl (C=O) groups excluding carboxylic acids is 4. The highest BCUT2D eigenvalue weighted by molar-refractivity contribution is 5.82. The molecule has 0 saturated carbocycles. The van der Waals surface area contributed by atoms with Crippen LogP contribution in [0.25, 0.3) is 0 Å². The molecule has 1 aliphatic rings. The van der Waals surface area contributed by atoms with Crippen molar-refractivity contribution in [3.63, 3.8) is 0 Å².